The summed E-state index contributed by atoms with van der Waals surface area (Å²) in [5.74, 6) is 2.14. The maximum absolute atomic E-state index is 4.37. The third kappa shape index (κ3) is 2.96. The molecule has 106 valence electrons. The molecule has 0 unspecified atom stereocenters. The van der Waals surface area contributed by atoms with Crippen molar-refractivity contribution in [1.29, 1.82) is 0 Å². The minimum absolute atomic E-state index is 0.983. The van der Waals surface area contributed by atoms with Crippen LogP contribution in [0.15, 0.2) is 31.0 Å². The standard InChI is InChI=1S/C14H20N6/c1-18-7-5-17-13(18)2-6-19-8-10-20(11-9-19)14-12-15-3-4-16-14/h3-5,7,12H,2,6,8-11H2,1H3. The average molecular weight is 272 g/mol. The second-order valence-electron chi connectivity index (χ2n) is 5.10. The molecule has 0 radical (unpaired) electrons. The fourth-order valence-corrected chi connectivity index (χ4v) is 2.55. The Hall–Kier alpha value is -1.95. The summed E-state index contributed by atoms with van der Waals surface area (Å²) in [5, 5.41) is 0. The van der Waals surface area contributed by atoms with Crippen LogP contribution in [0.4, 0.5) is 5.82 Å². The van der Waals surface area contributed by atoms with Crippen molar-refractivity contribution in [3.8, 4) is 0 Å². The predicted octanol–water partition coefficient (Wildman–Crippen LogP) is 0.575. The van der Waals surface area contributed by atoms with E-state index in [2.05, 4.69) is 29.3 Å². The molecule has 0 bridgehead atoms. The van der Waals surface area contributed by atoms with Crippen LogP contribution in [0.2, 0.25) is 0 Å². The number of anilines is 1. The smallest absolute Gasteiger partial charge is 0.147 e. The highest BCUT2D eigenvalue weighted by Crippen LogP contribution is 2.11. The van der Waals surface area contributed by atoms with E-state index in [1.807, 2.05) is 25.6 Å². The summed E-state index contributed by atoms with van der Waals surface area (Å²) in [6.07, 6.45) is 10.2. The molecule has 2 aromatic heterocycles. The lowest BCUT2D eigenvalue weighted by atomic mass is 10.3. The van der Waals surface area contributed by atoms with E-state index in [9.17, 15) is 0 Å². The van der Waals surface area contributed by atoms with E-state index >= 15 is 0 Å². The molecule has 0 amide bonds. The SMILES string of the molecule is Cn1ccnc1CCN1CCN(c2cnccn2)CC1. The van der Waals surface area contributed by atoms with Gasteiger partial charge in [0.05, 0.1) is 6.20 Å². The summed E-state index contributed by atoms with van der Waals surface area (Å²) in [4.78, 5) is 17.6. The van der Waals surface area contributed by atoms with Gasteiger partial charge < -0.3 is 9.47 Å². The fourth-order valence-electron chi connectivity index (χ4n) is 2.55. The first-order valence-electron chi connectivity index (χ1n) is 7.02. The minimum atomic E-state index is 0.983. The second-order valence-corrected chi connectivity index (χ2v) is 5.10. The Balaban J connectivity index is 1.48. The van der Waals surface area contributed by atoms with E-state index in [0.717, 1.165) is 50.8 Å². The Morgan fingerprint density at radius 2 is 1.90 bits per heavy atom. The van der Waals surface area contributed by atoms with Gasteiger partial charge in [0.25, 0.3) is 0 Å². The predicted molar refractivity (Wildman–Crippen MR) is 77.6 cm³/mol. The maximum atomic E-state index is 4.37. The van der Waals surface area contributed by atoms with Crippen molar-refractivity contribution >= 4 is 5.82 Å². The largest absolute Gasteiger partial charge is 0.353 e. The van der Waals surface area contributed by atoms with Gasteiger partial charge in [-0.2, -0.15) is 0 Å². The number of aryl methyl sites for hydroxylation is 1. The third-order valence-corrected chi connectivity index (χ3v) is 3.82. The Labute approximate surface area is 119 Å². The molecule has 3 rings (SSSR count). The third-order valence-electron chi connectivity index (χ3n) is 3.82. The van der Waals surface area contributed by atoms with Crippen molar-refractivity contribution in [3.63, 3.8) is 0 Å². The van der Waals surface area contributed by atoms with Crippen LogP contribution in [0, 0.1) is 0 Å². The van der Waals surface area contributed by atoms with Crippen molar-refractivity contribution in [1.82, 2.24) is 24.4 Å². The molecule has 0 aliphatic carbocycles. The van der Waals surface area contributed by atoms with Gasteiger partial charge in [-0.3, -0.25) is 9.88 Å². The summed E-state index contributed by atoms with van der Waals surface area (Å²) < 4.78 is 2.09. The van der Waals surface area contributed by atoms with Gasteiger partial charge in [-0.1, -0.05) is 0 Å². The van der Waals surface area contributed by atoms with Crippen molar-refractivity contribution in [2.75, 3.05) is 37.6 Å². The average Bonchev–Trinajstić information content (AvgIpc) is 2.92. The van der Waals surface area contributed by atoms with Crippen LogP contribution in [-0.4, -0.2) is 57.1 Å². The Bertz CT molecular complexity index is 530. The number of piperazine rings is 1. The molecule has 1 fully saturated rings. The van der Waals surface area contributed by atoms with Gasteiger partial charge in [0.1, 0.15) is 11.6 Å². The molecular formula is C14H20N6. The first-order valence-corrected chi connectivity index (χ1v) is 7.02. The molecule has 0 saturated carbocycles. The zero-order chi connectivity index (χ0) is 13.8. The van der Waals surface area contributed by atoms with Crippen LogP contribution in [-0.2, 0) is 13.5 Å². The van der Waals surface area contributed by atoms with Gasteiger partial charge in [0, 0.05) is 71.0 Å². The molecule has 20 heavy (non-hydrogen) atoms. The van der Waals surface area contributed by atoms with Crippen LogP contribution >= 0.6 is 0 Å². The second kappa shape index (κ2) is 6.00. The first-order chi connectivity index (χ1) is 9.83. The van der Waals surface area contributed by atoms with Gasteiger partial charge in [0.15, 0.2) is 0 Å². The highest BCUT2D eigenvalue weighted by molar-refractivity contribution is 5.35. The van der Waals surface area contributed by atoms with E-state index in [1.54, 1.807) is 12.4 Å². The molecule has 0 aromatic carbocycles. The molecule has 3 heterocycles. The highest BCUT2D eigenvalue weighted by Gasteiger charge is 2.18. The van der Waals surface area contributed by atoms with Crippen LogP contribution < -0.4 is 4.90 Å². The molecule has 1 aliphatic rings. The van der Waals surface area contributed by atoms with Crippen LogP contribution in [0.25, 0.3) is 0 Å². The molecule has 1 aliphatic heterocycles. The van der Waals surface area contributed by atoms with E-state index in [1.165, 1.54) is 0 Å². The van der Waals surface area contributed by atoms with Gasteiger partial charge in [0.2, 0.25) is 0 Å². The van der Waals surface area contributed by atoms with Crippen LogP contribution in [0.5, 0.6) is 0 Å². The summed E-state index contributed by atoms with van der Waals surface area (Å²) in [7, 11) is 2.05. The highest BCUT2D eigenvalue weighted by atomic mass is 15.3. The fraction of sp³-hybridized carbons (Fsp3) is 0.500. The molecule has 0 N–H and O–H groups in total. The molecule has 1 saturated heterocycles. The van der Waals surface area contributed by atoms with Gasteiger partial charge in [-0.15, -0.1) is 0 Å². The van der Waals surface area contributed by atoms with Crippen LogP contribution in [0.1, 0.15) is 5.82 Å². The van der Waals surface area contributed by atoms with Gasteiger partial charge in [-0.25, -0.2) is 9.97 Å². The number of nitrogens with zero attached hydrogens (tertiary/aromatic N) is 6. The quantitative estimate of drug-likeness (QED) is 0.814. The lowest BCUT2D eigenvalue weighted by Gasteiger charge is -2.35. The monoisotopic (exact) mass is 272 g/mol. The number of hydrogen-bond donors (Lipinski definition) is 0. The van der Waals surface area contributed by atoms with Crippen molar-refractivity contribution in [2.45, 2.75) is 6.42 Å². The van der Waals surface area contributed by atoms with Crippen molar-refractivity contribution < 1.29 is 0 Å². The van der Waals surface area contributed by atoms with Crippen molar-refractivity contribution in [2.24, 2.45) is 7.05 Å². The summed E-state index contributed by atoms with van der Waals surface area (Å²) in [6.45, 7) is 5.24. The van der Waals surface area contributed by atoms with E-state index < -0.39 is 0 Å². The zero-order valence-electron chi connectivity index (χ0n) is 11.8. The number of imidazole rings is 1. The first kappa shape index (κ1) is 13.1. The van der Waals surface area contributed by atoms with Crippen LogP contribution in [0.3, 0.4) is 0 Å². The Morgan fingerprint density at radius 3 is 2.55 bits per heavy atom. The van der Waals surface area contributed by atoms with Gasteiger partial charge >= 0.3 is 0 Å². The molecule has 0 spiro atoms. The van der Waals surface area contributed by atoms with Crippen molar-refractivity contribution in [3.05, 3.63) is 36.8 Å². The summed E-state index contributed by atoms with van der Waals surface area (Å²) >= 11 is 0. The van der Waals surface area contributed by atoms with Gasteiger partial charge in [-0.05, 0) is 0 Å². The molecule has 6 heteroatoms. The number of rotatable bonds is 4. The molecule has 6 nitrogen and oxygen atoms in total. The maximum Gasteiger partial charge on any atom is 0.147 e. The minimum Gasteiger partial charge on any atom is -0.353 e. The Kier molecular flexibility index (Phi) is 3.92. The summed E-state index contributed by atoms with van der Waals surface area (Å²) in [5.41, 5.74) is 0. The lowest BCUT2D eigenvalue weighted by Crippen LogP contribution is -2.47. The number of aromatic nitrogens is 4. The molecular weight excluding hydrogens is 252 g/mol. The van der Waals surface area contributed by atoms with E-state index in [4.69, 9.17) is 0 Å². The molecule has 2 aromatic rings. The summed E-state index contributed by atoms with van der Waals surface area (Å²) in [6, 6.07) is 0. The normalized spacial score (nSPS) is 16.6. The molecule has 0 atom stereocenters. The lowest BCUT2D eigenvalue weighted by molar-refractivity contribution is 0.258. The topological polar surface area (TPSA) is 50.1 Å². The Morgan fingerprint density at radius 1 is 1.05 bits per heavy atom. The van der Waals surface area contributed by atoms with E-state index in [-0.39, 0.29) is 0 Å². The zero-order valence-corrected chi connectivity index (χ0v) is 11.8. The van der Waals surface area contributed by atoms with E-state index in [0.29, 0.717) is 0 Å². The number of hydrogen-bond acceptors (Lipinski definition) is 5.